The van der Waals surface area contributed by atoms with E-state index in [1.165, 1.54) is 65.1 Å². The Kier molecular flexibility index (Phi) is 20.4. The molecule has 2 aliphatic carbocycles. The van der Waals surface area contributed by atoms with Crippen LogP contribution in [0.4, 0.5) is 27.2 Å². The summed E-state index contributed by atoms with van der Waals surface area (Å²) < 4.78 is 89.1. The normalized spacial score (nSPS) is 30.7. The van der Waals surface area contributed by atoms with Crippen LogP contribution >= 0.6 is 23.2 Å². The Hall–Kier alpha value is -5.82. The highest BCUT2D eigenvalue weighted by molar-refractivity contribution is 6.31. The topological polar surface area (TPSA) is 301 Å². The lowest BCUT2D eigenvalue weighted by molar-refractivity contribution is -0.210. The van der Waals surface area contributed by atoms with Gasteiger partial charge in [-0.15, -0.1) is 10.2 Å². The second-order valence-corrected chi connectivity index (χ2v) is 26.2. The van der Waals surface area contributed by atoms with Crippen LogP contribution in [0, 0.1) is 23.3 Å². The van der Waals surface area contributed by atoms with Crippen molar-refractivity contribution in [2.75, 3.05) is 27.4 Å². The van der Waals surface area contributed by atoms with E-state index in [1.807, 2.05) is 41.5 Å². The average molecular weight is 1280 g/mol. The zero-order valence-corrected chi connectivity index (χ0v) is 51.5. The fourth-order valence-electron chi connectivity index (χ4n) is 13.0. The minimum atomic E-state index is -1.27. The highest BCUT2D eigenvalue weighted by atomic mass is 35.5. The Morgan fingerprint density at radius 3 is 1.48 bits per heavy atom. The van der Waals surface area contributed by atoms with Crippen LogP contribution in [0.1, 0.15) is 131 Å². The van der Waals surface area contributed by atoms with Crippen LogP contribution in [0.15, 0.2) is 47.0 Å². The summed E-state index contributed by atoms with van der Waals surface area (Å²) in [6.07, 6.45) is 0.876. The summed E-state index contributed by atoms with van der Waals surface area (Å²) in [6.45, 7) is 10.1. The summed E-state index contributed by atoms with van der Waals surface area (Å²) >= 11 is 11.4. The molecule has 4 fully saturated rings. The second-order valence-electron chi connectivity index (χ2n) is 25.4. The summed E-state index contributed by atoms with van der Waals surface area (Å²) in [4.78, 5) is 37.6. The molecule has 2 spiro atoms. The van der Waals surface area contributed by atoms with Crippen LogP contribution < -0.4 is 5.32 Å². The van der Waals surface area contributed by atoms with Gasteiger partial charge in [0, 0.05) is 68.7 Å². The van der Waals surface area contributed by atoms with Gasteiger partial charge < -0.3 is 69.1 Å². The fraction of sp³-hybridized carbons (Fsp3) is 0.655. The molecule has 10 rings (SSSR count). The van der Waals surface area contributed by atoms with Gasteiger partial charge in [0.05, 0.1) is 59.3 Å². The quantitative estimate of drug-likeness (QED) is 0.0513. The number of ether oxygens (including phenoxy) is 5. The minimum Gasteiger partial charge on any atom is -0.465 e. The van der Waals surface area contributed by atoms with Crippen molar-refractivity contribution >= 4 is 46.8 Å². The number of halogens is 6. The minimum absolute atomic E-state index is 0.0164. The van der Waals surface area contributed by atoms with E-state index in [1.54, 1.807) is 0 Å². The molecule has 0 radical (unpaired) electrons. The van der Waals surface area contributed by atoms with Gasteiger partial charge in [-0.25, -0.2) is 36.5 Å². The van der Waals surface area contributed by atoms with Gasteiger partial charge >= 0.3 is 12.2 Å². The molecule has 6 heterocycles. The number of benzene rings is 2. The van der Waals surface area contributed by atoms with E-state index in [-0.39, 0.29) is 57.5 Å². The second kappa shape index (κ2) is 26.9. The number of amides is 2. The molecule has 2 saturated carbocycles. The lowest BCUT2D eigenvalue weighted by Gasteiger charge is -2.44. The molecule has 88 heavy (non-hydrogen) atoms. The molecular formula is C58H76Cl2F4N10O14. The predicted octanol–water partition coefficient (Wildman–Crippen LogP) is 8.11. The van der Waals surface area contributed by atoms with Crippen molar-refractivity contribution in [3.63, 3.8) is 0 Å². The number of carbonyl (C=O) groups is 2. The van der Waals surface area contributed by atoms with Crippen LogP contribution in [0.5, 0.6) is 0 Å². The van der Waals surface area contributed by atoms with Gasteiger partial charge in [-0.05, 0) is 117 Å². The number of carboxylic acid groups (broad SMARTS) is 1. The van der Waals surface area contributed by atoms with Gasteiger partial charge in [0.25, 0.3) is 0 Å². The van der Waals surface area contributed by atoms with E-state index >= 15 is 0 Å². The van der Waals surface area contributed by atoms with E-state index in [0.717, 1.165) is 5.71 Å². The summed E-state index contributed by atoms with van der Waals surface area (Å²) in [6, 6.07) is 3.07. The number of aliphatic hydroxyl groups excluding tert-OH is 4. The van der Waals surface area contributed by atoms with Gasteiger partial charge in [0.1, 0.15) is 76.9 Å². The smallest absolute Gasteiger partial charge is 0.407 e. The average Bonchev–Trinajstić information content (AvgIpc) is 3.88. The molecule has 2 aromatic carbocycles. The first-order valence-electron chi connectivity index (χ1n) is 29.2. The Morgan fingerprint density at radius 2 is 1.10 bits per heavy atom. The molecule has 2 amide bonds. The van der Waals surface area contributed by atoms with Crippen LogP contribution in [-0.2, 0) is 33.4 Å². The van der Waals surface area contributed by atoms with Crippen molar-refractivity contribution in [2.24, 2.45) is 10.3 Å². The summed E-state index contributed by atoms with van der Waals surface area (Å²) in [7, 11) is 2.91. The van der Waals surface area contributed by atoms with Crippen LogP contribution in [0.3, 0.4) is 0 Å². The Morgan fingerprint density at radius 1 is 0.682 bits per heavy atom. The largest absolute Gasteiger partial charge is 0.465 e. The monoisotopic (exact) mass is 1280 g/mol. The molecular weight excluding hydrogens is 1210 g/mol. The van der Waals surface area contributed by atoms with Crippen molar-refractivity contribution in [2.45, 2.75) is 214 Å². The maximum atomic E-state index is 14.6. The summed E-state index contributed by atoms with van der Waals surface area (Å²) in [5.41, 5.74) is -0.955. The number of hydrogen-bond donors (Lipinski definition) is 6. The lowest BCUT2D eigenvalue weighted by Crippen LogP contribution is -2.57. The van der Waals surface area contributed by atoms with Crippen molar-refractivity contribution < 1.29 is 86.0 Å². The Bertz CT molecular complexity index is 3180. The van der Waals surface area contributed by atoms with Gasteiger partial charge in [0.2, 0.25) is 0 Å². The van der Waals surface area contributed by atoms with Gasteiger partial charge in [-0.2, -0.15) is 0 Å². The van der Waals surface area contributed by atoms with Crippen LogP contribution in [0.25, 0.3) is 22.5 Å². The predicted molar refractivity (Wildman–Crippen MR) is 308 cm³/mol. The number of hydrogen-bond acceptors (Lipinski definition) is 19. The molecule has 4 aromatic rings. The number of alkyl carbamates (subject to hydrolysis) is 1. The van der Waals surface area contributed by atoms with Crippen molar-refractivity contribution in [3.8, 4) is 22.5 Å². The number of nitrogens with one attached hydrogen (secondary N) is 1. The Labute approximate surface area is 515 Å². The highest BCUT2D eigenvalue weighted by Gasteiger charge is 2.52. The number of oxime groups is 2. The molecule has 484 valence electrons. The molecule has 0 bridgehead atoms. The van der Waals surface area contributed by atoms with E-state index < -0.39 is 132 Å². The number of nitrogens with zero attached hydrogens (tertiary/aromatic N) is 9. The molecule has 4 aliphatic heterocycles. The van der Waals surface area contributed by atoms with Crippen LogP contribution in [-0.4, -0.2) is 195 Å². The number of rotatable bonds is 14. The lowest BCUT2D eigenvalue weighted by atomic mass is 9.77. The first-order chi connectivity index (χ1) is 41.6. The third-order valence-electron chi connectivity index (χ3n) is 17.2. The first kappa shape index (κ1) is 66.6. The zero-order valence-electron chi connectivity index (χ0n) is 50.0. The van der Waals surface area contributed by atoms with Crippen molar-refractivity contribution in [1.82, 2.24) is 40.2 Å². The van der Waals surface area contributed by atoms with Crippen molar-refractivity contribution in [1.29, 1.82) is 0 Å². The maximum absolute atomic E-state index is 14.6. The van der Waals surface area contributed by atoms with Gasteiger partial charge in [-0.3, -0.25) is 0 Å². The third kappa shape index (κ3) is 14.3. The molecule has 24 nitrogen and oxygen atoms in total. The number of aliphatic hydroxyl groups is 4. The third-order valence-corrected chi connectivity index (χ3v) is 17.7. The van der Waals surface area contributed by atoms with Crippen molar-refractivity contribution in [3.05, 3.63) is 70.0 Å². The fourth-order valence-corrected chi connectivity index (χ4v) is 13.2. The first-order valence-corrected chi connectivity index (χ1v) is 29.9. The molecule has 0 unspecified atom stereocenters. The van der Waals surface area contributed by atoms with E-state index in [4.69, 9.17) is 56.6 Å². The molecule has 6 N–H and O–H groups in total. The van der Waals surface area contributed by atoms with E-state index in [9.17, 15) is 52.7 Å². The number of carbonyl (C=O) groups excluding carboxylic acids is 1. The Balaban J connectivity index is 0.000000209. The van der Waals surface area contributed by atoms with E-state index in [2.05, 4.69) is 36.3 Å². The summed E-state index contributed by atoms with van der Waals surface area (Å²) in [5, 5.41) is 79.2. The molecule has 2 aromatic heterocycles. The van der Waals surface area contributed by atoms with Gasteiger partial charge in [0.15, 0.2) is 23.3 Å². The van der Waals surface area contributed by atoms with Gasteiger partial charge in [-0.1, -0.05) is 43.9 Å². The zero-order chi connectivity index (χ0) is 63.8. The highest BCUT2D eigenvalue weighted by Crippen LogP contribution is 2.45. The number of aromatic nitrogens is 6. The standard InChI is InChI=1S/2C29H38ClF2N5O7/c1-28(2,3)37(27(40)41)16-7-9-29(10-8-16)12-15(34-44-29)11-20-26(42-4)24(25(39)21(14-38)43-20)36-13-19(33-35-36)17-5-6-18(30)23(32)22(17)31;1-28(2,3)43-27(40)33-15-7-9-29(10-8-15)12-16(35-44-29)11-20-26(41-4)24(25(39)21(14-38)42-20)37-13-19(34-36-37)17-5-6-18(30)23(32)22(17)31/h5-6,13,16,20-21,24-26,38-39H,7-12,14H2,1-4H3,(H,40,41);5-6,13,15,20-21,24-26,38-39H,7-12,14H2,1-4H3,(H,33,40)/t16?,20-,21-,24+,25+,26+,29?;15?,20-,21-,24+,25+,26+,29?/m11/s1. The molecule has 2 saturated heterocycles. The maximum Gasteiger partial charge on any atom is 0.407 e. The van der Waals surface area contributed by atoms with Crippen LogP contribution in [0.2, 0.25) is 10.0 Å². The molecule has 6 aliphatic rings. The molecule has 30 heteroatoms. The SMILES string of the molecule is CO[C@@H]1[C@@H](n2cc(-c3ccc(Cl)c(F)c3F)nn2)[C@@H](O)[C@@H](CO)O[C@@H]1CC1=NOC2(CCC(N(C(=O)O)C(C)(C)C)CC2)C1.CO[C@@H]1[C@@H](n2cc(-c3ccc(Cl)c(F)c3F)nn2)[C@@H](O)[C@@H](CO)O[C@@H]1CC1=NOC2(CCC(NC(=O)OC(C)(C)C)CC2)C1. The molecule has 10 atom stereocenters. The van der Waals surface area contributed by atoms with E-state index in [0.29, 0.717) is 69.9 Å². The number of methoxy groups -OCH3 is 2. The summed E-state index contributed by atoms with van der Waals surface area (Å²) in [5.74, 6) is -4.76.